The zero-order chi connectivity index (χ0) is 20.1. The van der Waals surface area contributed by atoms with Crippen molar-refractivity contribution in [2.45, 2.75) is 13.3 Å². The Kier molecular flexibility index (Phi) is 5.95. The van der Waals surface area contributed by atoms with Crippen molar-refractivity contribution in [3.05, 3.63) is 63.4 Å². The number of anilines is 1. The van der Waals surface area contributed by atoms with Gasteiger partial charge in [0.1, 0.15) is 5.69 Å². The smallest absolute Gasteiger partial charge is 0.277 e. The van der Waals surface area contributed by atoms with Crippen molar-refractivity contribution in [3.63, 3.8) is 0 Å². The van der Waals surface area contributed by atoms with E-state index in [9.17, 15) is 14.4 Å². The van der Waals surface area contributed by atoms with E-state index < -0.39 is 5.91 Å². The molecule has 9 heteroatoms. The van der Waals surface area contributed by atoms with E-state index in [0.717, 1.165) is 27.9 Å². The molecule has 0 atom stereocenters. The van der Waals surface area contributed by atoms with Gasteiger partial charge in [-0.25, -0.2) is 9.67 Å². The molecule has 2 aromatic heterocycles. The number of rotatable bonds is 6. The van der Waals surface area contributed by atoms with Gasteiger partial charge in [-0.3, -0.25) is 19.7 Å². The normalized spacial score (nSPS) is 10.5. The molecule has 2 amide bonds. The van der Waals surface area contributed by atoms with Gasteiger partial charge >= 0.3 is 0 Å². The first-order valence-corrected chi connectivity index (χ1v) is 9.45. The number of amides is 2. The second-order valence-corrected chi connectivity index (χ2v) is 6.96. The van der Waals surface area contributed by atoms with Gasteiger partial charge in [0.25, 0.3) is 11.5 Å². The molecule has 8 nitrogen and oxygen atoms in total. The second kappa shape index (κ2) is 8.57. The number of benzene rings is 1. The van der Waals surface area contributed by atoms with Crippen molar-refractivity contribution in [1.29, 1.82) is 0 Å². The highest BCUT2D eigenvalue weighted by atomic mass is 32.1. The number of nitrogens with one attached hydrogen (secondary N) is 2. The summed E-state index contributed by atoms with van der Waals surface area (Å²) in [6, 6.07) is 10.6. The second-order valence-electron chi connectivity index (χ2n) is 6.10. The quantitative estimate of drug-likeness (QED) is 0.660. The lowest BCUT2D eigenvalue weighted by Crippen LogP contribution is -2.23. The van der Waals surface area contributed by atoms with E-state index in [4.69, 9.17) is 0 Å². The Labute approximate surface area is 165 Å². The Bertz CT molecular complexity index is 1060. The van der Waals surface area contributed by atoms with Crippen LogP contribution in [0.1, 0.15) is 23.0 Å². The summed E-state index contributed by atoms with van der Waals surface area (Å²) >= 11 is 1.31. The van der Waals surface area contributed by atoms with Crippen molar-refractivity contribution in [2.24, 2.45) is 7.05 Å². The van der Waals surface area contributed by atoms with E-state index in [1.807, 2.05) is 29.6 Å². The van der Waals surface area contributed by atoms with Crippen LogP contribution in [0.25, 0.3) is 11.3 Å². The minimum absolute atomic E-state index is 0.0402. The predicted molar refractivity (Wildman–Crippen MR) is 107 cm³/mol. The topological polar surface area (TPSA) is 106 Å². The zero-order valence-corrected chi connectivity index (χ0v) is 16.2. The van der Waals surface area contributed by atoms with Gasteiger partial charge in [-0.05, 0) is 18.1 Å². The van der Waals surface area contributed by atoms with Crippen molar-refractivity contribution in [2.75, 3.05) is 11.9 Å². The number of carbonyl (C=O) groups is 2. The summed E-state index contributed by atoms with van der Waals surface area (Å²) < 4.78 is 1.11. The van der Waals surface area contributed by atoms with Crippen molar-refractivity contribution >= 4 is 28.3 Å². The SMILES string of the molecule is CC(=O)NCCc1ccc(-c2csc(NC(=O)c3ccc(=O)n(C)n3)n2)cc1. The van der Waals surface area contributed by atoms with Crippen LogP contribution in [0.3, 0.4) is 0 Å². The molecule has 0 aliphatic rings. The van der Waals surface area contributed by atoms with E-state index in [1.54, 1.807) is 0 Å². The molecule has 2 heterocycles. The summed E-state index contributed by atoms with van der Waals surface area (Å²) in [5.74, 6) is -0.466. The number of aryl methyl sites for hydroxylation is 1. The summed E-state index contributed by atoms with van der Waals surface area (Å²) in [6.45, 7) is 2.09. The van der Waals surface area contributed by atoms with Crippen LogP contribution in [0, 0.1) is 0 Å². The lowest BCUT2D eigenvalue weighted by atomic mass is 10.1. The van der Waals surface area contributed by atoms with Gasteiger partial charge in [0, 0.05) is 37.5 Å². The fourth-order valence-corrected chi connectivity index (χ4v) is 3.19. The highest BCUT2D eigenvalue weighted by Crippen LogP contribution is 2.25. The molecule has 28 heavy (non-hydrogen) atoms. The number of hydrogen-bond donors (Lipinski definition) is 2. The summed E-state index contributed by atoms with van der Waals surface area (Å²) in [4.78, 5) is 39.0. The first-order chi connectivity index (χ1) is 13.4. The van der Waals surface area contributed by atoms with Crippen LogP contribution < -0.4 is 16.2 Å². The Morgan fingerprint density at radius 3 is 2.57 bits per heavy atom. The zero-order valence-electron chi connectivity index (χ0n) is 15.4. The van der Waals surface area contributed by atoms with Crippen LogP contribution in [0.4, 0.5) is 5.13 Å². The molecule has 3 aromatic rings. The molecule has 0 saturated carbocycles. The van der Waals surface area contributed by atoms with Gasteiger partial charge in [0.05, 0.1) is 5.69 Å². The molecule has 2 N–H and O–H groups in total. The monoisotopic (exact) mass is 397 g/mol. The number of aromatic nitrogens is 3. The van der Waals surface area contributed by atoms with Crippen LogP contribution in [0.2, 0.25) is 0 Å². The van der Waals surface area contributed by atoms with Gasteiger partial charge in [-0.1, -0.05) is 24.3 Å². The van der Waals surface area contributed by atoms with E-state index in [-0.39, 0.29) is 17.2 Å². The molecule has 0 bridgehead atoms. The third-order valence-corrected chi connectivity index (χ3v) is 4.71. The average Bonchev–Trinajstić information content (AvgIpc) is 3.12. The van der Waals surface area contributed by atoms with Gasteiger partial charge < -0.3 is 5.32 Å². The average molecular weight is 397 g/mol. The predicted octanol–water partition coefficient (Wildman–Crippen LogP) is 1.83. The summed E-state index contributed by atoms with van der Waals surface area (Å²) in [5.41, 5.74) is 2.65. The largest absolute Gasteiger partial charge is 0.356 e. The molecule has 0 aliphatic carbocycles. The molecule has 0 saturated heterocycles. The third kappa shape index (κ3) is 4.89. The molecule has 1 aromatic carbocycles. The van der Waals surface area contributed by atoms with Crippen LogP contribution in [0.15, 0.2) is 46.6 Å². The van der Waals surface area contributed by atoms with Crippen LogP contribution in [-0.2, 0) is 18.3 Å². The van der Waals surface area contributed by atoms with E-state index in [0.29, 0.717) is 11.7 Å². The Hall–Kier alpha value is -3.33. The maximum absolute atomic E-state index is 12.3. The summed E-state index contributed by atoms with van der Waals surface area (Å²) in [5, 5.41) is 11.7. The lowest BCUT2D eigenvalue weighted by Gasteiger charge is -2.04. The Morgan fingerprint density at radius 1 is 1.14 bits per heavy atom. The molecule has 0 unspecified atom stereocenters. The van der Waals surface area contributed by atoms with E-state index >= 15 is 0 Å². The maximum Gasteiger partial charge on any atom is 0.277 e. The van der Waals surface area contributed by atoms with Crippen LogP contribution in [-0.4, -0.2) is 33.1 Å². The van der Waals surface area contributed by atoms with Gasteiger partial charge in [-0.15, -0.1) is 11.3 Å². The minimum atomic E-state index is -0.426. The molecular weight excluding hydrogens is 378 g/mol. The van der Waals surface area contributed by atoms with Gasteiger partial charge in [-0.2, -0.15) is 5.10 Å². The Morgan fingerprint density at radius 2 is 1.89 bits per heavy atom. The highest BCUT2D eigenvalue weighted by molar-refractivity contribution is 7.14. The fourth-order valence-electron chi connectivity index (χ4n) is 2.47. The van der Waals surface area contributed by atoms with E-state index in [2.05, 4.69) is 20.7 Å². The molecule has 0 fully saturated rings. The van der Waals surface area contributed by atoms with Crippen LogP contribution >= 0.6 is 11.3 Å². The minimum Gasteiger partial charge on any atom is -0.356 e. The van der Waals surface area contributed by atoms with Crippen molar-refractivity contribution < 1.29 is 9.59 Å². The Balaban J connectivity index is 1.64. The third-order valence-electron chi connectivity index (χ3n) is 3.96. The molecule has 0 aliphatic heterocycles. The molecule has 144 valence electrons. The molecular formula is C19H19N5O3S. The molecule has 0 spiro atoms. The summed E-state index contributed by atoms with van der Waals surface area (Å²) in [7, 11) is 1.49. The van der Waals surface area contributed by atoms with Gasteiger partial charge in [0.2, 0.25) is 5.91 Å². The molecule has 0 radical (unpaired) electrons. The maximum atomic E-state index is 12.3. The first-order valence-electron chi connectivity index (χ1n) is 8.57. The fraction of sp³-hybridized carbons (Fsp3) is 0.211. The number of carbonyl (C=O) groups excluding carboxylic acids is 2. The molecule has 3 rings (SSSR count). The standard InChI is InChI=1S/C19H19N5O3S/c1-12(25)20-10-9-13-3-5-14(6-4-13)16-11-28-19(21-16)22-18(27)15-7-8-17(26)24(2)23-15/h3-8,11H,9-10H2,1-2H3,(H,20,25)(H,21,22,27). The summed E-state index contributed by atoms with van der Waals surface area (Å²) in [6.07, 6.45) is 0.755. The van der Waals surface area contributed by atoms with Crippen molar-refractivity contribution in [3.8, 4) is 11.3 Å². The van der Waals surface area contributed by atoms with E-state index in [1.165, 1.54) is 37.4 Å². The highest BCUT2D eigenvalue weighted by Gasteiger charge is 2.12. The number of thiazole rings is 1. The number of nitrogens with zero attached hydrogens (tertiary/aromatic N) is 3. The lowest BCUT2D eigenvalue weighted by molar-refractivity contribution is -0.118. The van der Waals surface area contributed by atoms with Gasteiger partial charge in [0.15, 0.2) is 5.13 Å². The first kappa shape index (κ1) is 19.4. The number of hydrogen-bond acceptors (Lipinski definition) is 6. The van der Waals surface area contributed by atoms with Crippen LogP contribution in [0.5, 0.6) is 0 Å². The van der Waals surface area contributed by atoms with Crippen molar-refractivity contribution in [1.82, 2.24) is 20.1 Å².